The van der Waals surface area contributed by atoms with Crippen LogP contribution in [-0.2, 0) is 16.0 Å². The first-order valence-corrected chi connectivity index (χ1v) is 9.26. The van der Waals surface area contributed by atoms with Crippen LogP contribution in [0.4, 0.5) is 0 Å². The van der Waals surface area contributed by atoms with Crippen molar-refractivity contribution in [1.82, 2.24) is 9.88 Å². The van der Waals surface area contributed by atoms with E-state index >= 15 is 0 Å². The van der Waals surface area contributed by atoms with Gasteiger partial charge in [0.25, 0.3) is 0 Å². The van der Waals surface area contributed by atoms with Crippen LogP contribution in [0.3, 0.4) is 0 Å². The molecule has 1 aromatic rings. The third-order valence-corrected chi connectivity index (χ3v) is 6.83. The standard InChI is InChI=1S/C16H24N2O2S2/c1-4-20-13-9-12(16(13)6-5-7-16)18(3)14(19)8-11-10(2)17-15(21)22-11/h12-13H,4-9H2,1-3H3,(H,17,21)/t12-,13+/m1/s1. The molecule has 2 atom stereocenters. The van der Waals surface area contributed by atoms with Crippen molar-refractivity contribution in [1.29, 1.82) is 0 Å². The minimum Gasteiger partial charge on any atom is -0.378 e. The van der Waals surface area contributed by atoms with Crippen molar-refractivity contribution in [2.24, 2.45) is 5.41 Å². The summed E-state index contributed by atoms with van der Waals surface area (Å²) in [6.07, 6.45) is 5.44. The van der Waals surface area contributed by atoms with E-state index in [1.165, 1.54) is 30.6 Å². The average Bonchev–Trinajstić information content (AvgIpc) is 2.69. The van der Waals surface area contributed by atoms with Gasteiger partial charge in [-0.25, -0.2) is 0 Å². The van der Waals surface area contributed by atoms with Gasteiger partial charge in [0.15, 0.2) is 3.95 Å². The summed E-state index contributed by atoms with van der Waals surface area (Å²) in [4.78, 5) is 18.8. The van der Waals surface area contributed by atoms with E-state index in [0.717, 1.165) is 27.6 Å². The van der Waals surface area contributed by atoms with Crippen molar-refractivity contribution < 1.29 is 9.53 Å². The first-order valence-electron chi connectivity index (χ1n) is 8.04. The molecule has 1 aromatic heterocycles. The lowest BCUT2D eigenvalue weighted by atomic mass is 9.50. The zero-order chi connectivity index (χ0) is 15.9. The molecule has 1 spiro atoms. The van der Waals surface area contributed by atoms with Crippen LogP contribution in [0.15, 0.2) is 0 Å². The lowest BCUT2D eigenvalue weighted by Crippen LogP contribution is -2.67. The maximum Gasteiger partial charge on any atom is 0.227 e. The Labute approximate surface area is 140 Å². The van der Waals surface area contributed by atoms with Crippen LogP contribution in [0, 0.1) is 16.3 Å². The van der Waals surface area contributed by atoms with Crippen LogP contribution < -0.4 is 0 Å². The summed E-state index contributed by atoms with van der Waals surface area (Å²) in [5.74, 6) is 0.194. The van der Waals surface area contributed by atoms with Gasteiger partial charge < -0.3 is 14.6 Å². The van der Waals surface area contributed by atoms with Crippen LogP contribution in [0.1, 0.15) is 43.2 Å². The van der Waals surface area contributed by atoms with Crippen LogP contribution >= 0.6 is 23.6 Å². The lowest BCUT2D eigenvalue weighted by molar-refractivity contribution is -0.202. The van der Waals surface area contributed by atoms with Gasteiger partial charge in [-0.3, -0.25) is 4.79 Å². The molecule has 0 saturated heterocycles. The number of rotatable bonds is 5. The van der Waals surface area contributed by atoms with Gasteiger partial charge >= 0.3 is 0 Å². The van der Waals surface area contributed by atoms with E-state index in [0.29, 0.717) is 18.6 Å². The molecule has 122 valence electrons. The van der Waals surface area contributed by atoms with E-state index in [1.807, 2.05) is 18.9 Å². The Balaban J connectivity index is 1.66. The Morgan fingerprint density at radius 2 is 2.27 bits per heavy atom. The molecule has 22 heavy (non-hydrogen) atoms. The van der Waals surface area contributed by atoms with E-state index in [9.17, 15) is 4.79 Å². The van der Waals surface area contributed by atoms with E-state index in [1.54, 1.807) is 0 Å². The number of nitrogens with zero attached hydrogens (tertiary/aromatic N) is 1. The quantitative estimate of drug-likeness (QED) is 0.835. The molecule has 4 nitrogen and oxygen atoms in total. The molecule has 0 radical (unpaired) electrons. The minimum absolute atomic E-state index is 0.194. The molecule has 0 aromatic carbocycles. The molecule has 1 heterocycles. The summed E-state index contributed by atoms with van der Waals surface area (Å²) in [6, 6.07) is 0.345. The topological polar surface area (TPSA) is 45.3 Å². The number of H-pyrrole nitrogens is 1. The highest BCUT2D eigenvalue weighted by Crippen LogP contribution is 2.58. The molecular formula is C16H24N2O2S2. The van der Waals surface area contributed by atoms with Crippen LogP contribution in [0.25, 0.3) is 0 Å². The Hall–Kier alpha value is -0.720. The van der Waals surface area contributed by atoms with Crippen LogP contribution in [0.2, 0.25) is 0 Å². The molecule has 2 saturated carbocycles. The molecule has 2 aliphatic rings. The fourth-order valence-corrected chi connectivity index (χ4v) is 5.27. The van der Waals surface area contributed by atoms with Crippen LogP contribution in [0.5, 0.6) is 0 Å². The predicted molar refractivity (Wildman–Crippen MR) is 90.8 cm³/mol. The number of aromatic amines is 1. The second kappa shape index (κ2) is 6.06. The number of amides is 1. The average molecular weight is 341 g/mol. The normalized spacial score (nSPS) is 25.6. The molecule has 0 unspecified atom stereocenters. The molecular weight excluding hydrogens is 316 g/mol. The molecule has 1 amide bonds. The fourth-order valence-electron chi connectivity index (χ4n) is 3.99. The second-order valence-corrected chi connectivity index (χ2v) is 8.30. The number of nitrogens with one attached hydrogen (secondary N) is 1. The second-order valence-electron chi connectivity index (χ2n) is 6.53. The number of likely N-dealkylation sites (N-methyl/N-ethyl adjacent to an activating group) is 1. The third kappa shape index (κ3) is 2.55. The van der Waals surface area contributed by atoms with Gasteiger partial charge in [0.05, 0.1) is 12.5 Å². The van der Waals surface area contributed by atoms with Crippen molar-refractivity contribution in [2.45, 2.75) is 58.1 Å². The van der Waals surface area contributed by atoms with Crippen molar-refractivity contribution in [3.05, 3.63) is 14.5 Å². The van der Waals surface area contributed by atoms with Crippen molar-refractivity contribution in [3.8, 4) is 0 Å². The maximum absolute atomic E-state index is 12.6. The van der Waals surface area contributed by atoms with Crippen molar-refractivity contribution in [3.63, 3.8) is 0 Å². The Morgan fingerprint density at radius 1 is 1.55 bits per heavy atom. The number of hydrogen-bond donors (Lipinski definition) is 1. The van der Waals surface area contributed by atoms with E-state index < -0.39 is 0 Å². The van der Waals surface area contributed by atoms with E-state index in [2.05, 4.69) is 11.9 Å². The summed E-state index contributed by atoms with van der Waals surface area (Å²) in [5.41, 5.74) is 1.26. The number of carbonyl (C=O) groups excluding carboxylic acids is 1. The monoisotopic (exact) mass is 340 g/mol. The van der Waals surface area contributed by atoms with Crippen molar-refractivity contribution >= 4 is 29.5 Å². The van der Waals surface area contributed by atoms with Crippen molar-refractivity contribution in [2.75, 3.05) is 13.7 Å². The largest absolute Gasteiger partial charge is 0.378 e. The summed E-state index contributed by atoms with van der Waals surface area (Å²) >= 11 is 6.67. The predicted octanol–water partition coefficient (Wildman–Crippen LogP) is 3.46. The van der Waals surface area contributed by atoms with Gasteiger partial charge in [-0.05, 0) is 45.3 Å². The summed E-state index contributed by atoms with van der Waals surface area (Å²) in [5, 5.41) is 0. The third-order valence-electron chi connectivity index (χ3n) is 5.49. The zero-order valence-corrected chi connectivity index (χ0v) is 15.1. The maximum atomic E-state index is 12.6. The number of aromatic nitrogens is 1. The highest BCUT2D eigenvalue weighted by Gasteiger charge is 2.60. The number of ether oxygens (including phenoxy) is 1. The molecule has 6 heteroatoms. The number of carbonyl (C=O) groups is 1. The molecule has 1 N–H and O–H groups in total. The smallest absolute Gasteiger partial charge is 0.227 e. The molecule has 3 rings (SSSR count). The lowest BCUT2D eigenvalue weighted by Gasteiger charge is -2.63. The SMILES string of the molecule is CCO[C@H]1C[C@@H](N(C)C(=O)Cc2sc(=S)[nH]c2C)C12CCC2. The number of thiazole rings is 1. The zero-order valence-electron chi connectivity index (χ0n) is 13.5. The summed E-state index contributed by atoms with van der Waals surface area (Å²) in [7, 11) is 1.95. The first-order chi connectivity index (χ1) is 10.5. The summed E-state index contributed by atoms with van der Waals surface area (Å²) in [6.45, 7) is 4.80. The Bertz CT molecular complexity index is 618. The van der Waals surface area contributed by atoms with Crippen LogP contribution in [-0.4, -0.2) is 41.6 Å². The molecule has 0 aliphatic heterocycles. The van der Waals surface area contributed by atoms with Gasteiger partial charge in [0, 0.05) is 35.7 Å². The fraction of sp³-hybridized carbons (Fsp3) is 0.750. The summed E-state index contributed by atoms with van der Waals surface area (Å²) < 4.78 is 6.63. The highest BCUT2D eigenvalue weighted by atomic mass is 32.1. The van der Waals surface area contributed by atoms with Gasteiger partial charge in [-0.2, -0.15) is 0 Å². The van der Waals surface area contributed by atoms with E-state index in [4.69, 9.17) is 17.0 Å². The molecule has 2 aliphatic carbocycles. The minimum atomic E-state index is 0.194. The Kier molecular flexibility index (Phi) is 4.45. The Morgan fingerprint density at radius 3 is 2.77 bits per heavy atom. The number of aryl methyl sites for hydroxylation is 1. The van der Waals surface area contributed by atoms with Gasteiger partial charge in [-0.1, -0.05) is 6.42 Å². The van der Waals surface area contributed by atoms with Gasteiger partial charge in [0.2, 0.25) is 5.91 Å². The first kappa shape index (κ1) is 16.1. The molecule has 2 fully saturated rings. The van der Waals surface area contributed by atoms with Gasteiger partial charge in [-0.15, -0.1) is 11.3 Å². The molecule has 0 bridgehead atoms. The number of hydrogen-bond acceptors (Lipinski definition) is 4. The van der Waals surface area contributed by atoms with Gasteiger partial charge in [0.1, 0.15) is 0 Å². The van der Waals surface area contributed by atoms with E-state index in [-0.39, 0.29) is 11.3 Å². The highest BCUT2D eigenvalue weighted by molar-refractivity contribution is 7.73.